The molecule has 0 aliphatic carbocycles. The molecule has 1 amide bonds. The number of rotatable bonds is 12. The molecular weight excluding hydrogens is 558 g/mol. The number of carbonyl (C=O) groups excluding carboxylic acids is 8. The lowest BCUT2D eigenvalue weighted by Crippen LogP contribution is -2.69. The number of amides is 1. The maximum Gasteiger partial charge on any atom is 0.379 e. The molecule has 0 spiro atoms. The fraction of sp³-hybridized carbons (Fsp3) is 0.667. The van der Waals surface area contributed by atoms with E-state index in [0.717, 1.165) is 48.7 Å². The van der Waals surface area contributed by atoms with Gasteiger partial charge < -0.3 is 43.2 Å². The first-order chi connectivity index (χ1) is 19.0. The molecule has 0 aromatic heterocycles. The lowest BCUT2D eigenvalue weighted by Gasteiger charge is -2.48. The average molecular weight is 592 g/mol. The second kappa shape index (κ2) is 15.5. The standard InChI is InChI=1S/C24H33NO16/c1-11(26)35-9-18(38-14(4)29)21(39-15(5)30)22-20(25-19(32)10-36-12(2)27)17(37-13(3)28)8-24(41-22,23(33)34-7)40-16(6)31/h17-18,20-22H,8-10H2,1-7H3,(H,25,32)/t17-,18-,20+,21+,22+,24+/m0/s1. The molecule has 17 nitrogen and oxygen atoms in total. The van der Waals surface area contributed by atoms with Crippen LogP contribution in [0.3, 0.4) is 0 Å². The summed E-state index contributed by atoms with van der Waals surface area (Å²) in [6.07, 6.45) is -7.58. The summed E-state index contributed by atoms with van der Waals surface area (Å²) < 4.78 is 41.3. The van der Waals surface area contributed by atoms with E-state index in [4.69, 9.17) is 33.2 Å². The van der Waals surface area contributed by atoms with Crippen molar-refractivity contribution in [2.45, 2.75) is 84.2 Å². The lowest BCUT2D eigenvalue weighted by molar-refractivity contribution is -0.304. The second-order valence-electron chi connectivity index (χ2n) is 8.67. The zero-order chi connectivity index (χ0) is 31.5. The molecule has 41 heavy (non-hydrogen) atoms. The zero-order valence-corrected chi connectivity index (χ0v) is 23.5. The van der Waals surface area contributed by atoms with Gasteiger partial charge in [-0.3, -0.25) is 33.6 Å². The number of ether oxygens (including phenoxy) is 8. The molecule has 17 heteroatoms. The van der Waals surface area contributed by atoms with Crippen molar-refractivity contribution in [1.29, 1.82) is 0 Å². The molecule has 1 N–H and O–H groups in total. The van der Waals surface area contributed by atoms with Crippen LogP contribution in [0, 0.1) is 0 Å². The van der Waals surface area contributed by atoms with Crippen molar-refractivity contribution in [2.75, 3.05) is 20.3 Å². The van der Waals surface area contributed by atoms with Gasteiger partial charge in [0, 0.05) is 41.5 Å². The van der Waals surface area contributed by atoms with Crippen LogP contribution in [-0.4, -0.2) is 104 Å². The second-order valence-corrected chi connectivity index (χ2v) is 8.67. The van der Waals surface area contributed by atoms with Gasteiger partial charge in [0.05, 0.1) is 19.6 Å². The Balaban J connectivity index is 3.87. The van der Waals surface area contributed by atoms with Gasteiger partial charge in [-0.15, -0.1) is 0 Å². The van der Waals surface area contributed by atoms with Crippen LogP contribution in [0.15, 0.2) is 0 Å². The Morgan fingerprint density at radius 2 is 1.39 bits per heavy atom. The Hall–Kier alpha value is -4.28. The Labute approximate surface area is 234 Å². The van der Waals surface area contributed by atoms with Gasteiger partial charge in [-0.05, 0) is 0 Å². The molecule has 6 atom stereocenters. The first kappa shape index (κ1) is 34.7. The predicted molar refractivity (Wildman–Crippen MR) is 128 cm³/mol. The summed E-state index contributed by atoms with van der Waals surface area (Å²) in [4.78, 5) is 96.6. The van der Waals surface area contributed by atoms with Crippen LogP contribution < -0.4 is 5.32 Å². The maximum atomic E-state index is 12.9. The number of carbonyl (C=O) groups is 8. The van der Waals surface area contributed by atoms with E-state index in [-0.39, 0.29) is 0 Å². The summed E-state index contributed by atoms with van der Waals surface area (Å²) in [6.45, 7) is 4.45. The molecular formula is C24H33NO16. The molecule has 0 saturated carbocycles. The Morgan fingerprint density at radius 1 is 0.805 bits per heavy atom. The third-order valence-corrected chi connectivity index (χ3v) is 5.17. The highest BCUT2D eigenvalue weighted by atomic mass is 16.8. The third kappa shape index (κ3) is 11.0. The van der Waals surface area contributed by atoms with E-state index < -0.39 is 104 Å². The minimum Gasteiger partial charge on any atom is -0.464 e. The van der Waals surface area contributed by atoms with E-state index in [1.165, 1.54) is 0 Å². The number of esters is 7. The molecule has 1 aliphatic rings. The molecule has 0 bridgehead atoms. The van der Waals surface area contributed by atoms with E-state index in [1.54, 1.807) is 0 Å². The molecule has 1 saturated heterocycles. The highest BCUT2D eigenvalue weighted by Gasteiger charge is 2.60. The quantitative estimate of drug-likeness (QED) is 0.204. The molecule has 0 radical (unpaired) electrons. The summed E-state index contributed by atoms with van der Waals surface area (Å²) in [5.74, 6) is -10.4. The minimum atomic E-state index is -2.64. The zero-order valence-electron chi connectivity index (χ0n) is 23.5. The molecule has 1 aliphatic heterocycles. The van der Waals surface area contributed by atoms with Crippen molar-refractivity contribution in [2.24, 2.45) is 0 Å². The number of nitrogens with one attached hydrogen (secondary N) is 1. The van der Waals surface area contributed by atoms with Gasteiger partial charge in [-0.1, -0.05) is 0 Å². The van der Waals surface area contributed by atoms with Crippen LogP contribution in [0.5, 0.6) is 0 Å². The van der Waals surface area contributed by atoms with Crippen LogP contribution in [-0.2, 0) is 76.3 Å². The normalized spacial score (nSPS) is 23.0. The SMILES string of the molecule is COC(=O)[C@@]1(OC(C)=O)C[C@H](OC(C)=O)[C@@H](NC(=O)COC(C)=O)[C@H]([C@H](OC(C)=O)[C@H](COC(C)=O)OC(C)=O)O1. The van der Waals surface area contributed by atoms with E-state index in [9.17, 15) is 38.4 Å². The van der Waals surface area contributed by atoms with Crippen molar-refractivity contribution in [3.63, 3.8) is 0 Å². The third-order valence-electron chi connectivity index (χ3n) is 5.17. The van der Waals surface area contributed by atoms with Crippen LogP contribution in [0.25, 0.3) is 0 Å². The summed E-state index contributed by atoms with van der Waals surface area (Å²) in [6, 6.07) is -1.55. The van der Waals surface area contributed by atoms with Gasteiger partial charge in [0.2, 0.25) is 0 Å². The fourth-order valence-corrected chi connectivity index (χ4v) is 3.90. The van der Waals surface area contributed by atoms with Crippen LogP contribution >= 0.6 is 0 Å². The van der Waals surface area contributed by atoms with E-state index >= 15 is 0 Å². The Kier molecular flexibility index (Phi) is 13.1. The first-order valence-electron chi connectivity index (χ1n) is 12.0. The Morgan fingerprint density at radius 3 is 1.85 bits per heavy atom. The fourth-order valence-electron chi connectivity index (χ4n) is 3.90. The van der Waals surface area contributed by atoms with E-state index in [1.807, 2.05) is 0 Å². The summed E-state index contributed by atoms with van der Waals surface area (Å²) in [7, 11) is 0.936. The molecule has 1 heterocycles. The van der Waals surface area contributed by atoms with E-state index in [2.05, 4.69) is 10.1 Å². The van der Waals surface area contributed by atoms with Gasteiger partial charge in [-0.2, -0.15) is 0 Å². The predicted octanol–water partition coefficient (Wildman–Crippen LogP) is -1.39. The molecule has 0 unspecified atom stereocenters. The monoisotopic (exact) mass is 591 g/mol. The largest absolute Gasteiger partial charge is 0.464 e. The minimum absolute atomic E-state index is 0.710. The summed E-state index contributed by atoms with van der Waals surface area (Å²) in [5, 5.41) is 2.40. The highest BCUT2D eigenvalue weighted by Crippen LogP contribution is 2.37. The highest BCUT2D eigenvalue weighted by molar-refractivity contribution is 5.83. The maximum absolute atomic E-state index is 12.9. The summed E-state index contributed by atoms with van der Waals surface area (Å²) >= 11 is 0. The van der Waals surface area contributed by atoms with Crippen molar-refractivity contribution in [3.8, 4) is 0 Å². The van der Waals surface area contributed by atoms with Crippen LogP contribution in [0.2, 0.25) is 0 Å². The smallest absolute Gasteiger partial charge is 0.379 e. The molecule has 230 valence electrons. The molecule has 0 aromatic rings. The lowest BCUT2D eigenvalue weighted by atomic mass is 9.88. The Bertz CT molecular complexity index is 1040. The molecule has 1 fully saturated rings. The first-order valence-corrected chi connectivity index (χ1v) is 12.0. The van der Waals surface area contributed by atoms with Crippen LogP contribution in [0.1, 0.15) is 48.0 Å². The molecule has 1 rings (SSSR count). The van der Waals surface area contributed by atoms with Crippen LogP contribution in [0.4, 0.5) is 0 Å². The van der Waals surface area contributed by atoms with Crippen molar-refractivity contribution < 1.29 is 76.3 Å². The van der Waals surface area contributed by atoms with Gasteiger partial charge in [-0.25, -0.2) is 4.79 Å². The number of hydrogen-bond acceptors (Lipinski definition) is 16. The summed E-state index contributed by atoms with van der Waals surface area (Å²) in [5.41, 5.74) is 0. The topological polar surface area (TPSA) is 222 Å². The molecule has 0 aromatic carbocycles. The van der Waals surface area contributed by atoms with Crippen molar-refractivity contribution >= 4 is 47.7 Å². The van der Waals surface area contributed by atoms with Crippen molar-refractivity contribution in [3.05, 3.63) is 0 Å². The van der Waals surface area contributed by atoms with Gasteiger partial charge >= 0.3 is 47.6 Å². The van der Waals surface area contributed by atoms with Gasteiger partial charge in [0.1, 0.15) is 18.8 Å². The van der Waals surface area contributed by atoms with Gasteiger partial charge in [0.15, 0.2) is 18.8 Å². The number of hydrogen-bond donors (Lipinski definition) is 1. The number of methoxy groups -OCH3 is 1. The average Bonchev–Trinajstić information content (AvgIpc) is 2.83. The van der Waals surface area contributed by atoms with E-state index in [0.29, 0.717) is 0 Å². The van der Waals surface area contributed by atoms with Crippen molar-refractivity contribution in [1.82, 2.24) is 5.32 Å². The van der Waals surface area contributed by atoms with Gasteiger partial charge in [0.25, 0.3) is 5.91 Å².